The molecule has 1 aliphatic heterocycles. The van der Waals surface area contributed by atoms with Gasteiger partial charge in [0.1, 0.15) is 0 Å². The fourth-order valence-electron chi connectivity index (χ4n) is 3.39. The summed E-state index contributed by atoms with van der Waals surface area (Å²) >= 11 is 0. The highest BCUT2D eigenvalue weighted by Gasteiger charge is 2.55. The Labute approximate surface area is 121 Å². The van der Waals surface area contributed by atoms with E-state index in [0.29, 0.717) is 23.2 Å². The smallest absolute Gasteiger partial charge is 0.261 e. The van der Waals surface area contributed by atoms with E-state index in [9.17, 15) is 14.7 Å². The lowest BCUT2D eigenvalue weighted by Gasteiger charge is -2.26. The molecule has 2 unspecified atom stereocenters. The molecular weight excluding hydrogens is 266 g/mol. The SMILES string of the molecule is O=C1c2ccccc2CC1C1(O)C(=O)Nc2ccccc21. The first-order valence-corrected chi connectivity index (χ1v) is 6.88. The van der Waals surface area contributed by atoms with Gasteiger partial charge in [-0.2, -0.15) is 0 Å². The Kier molecular flexibility index (Phi) is 2.35. The predicted octanol–water partition coefficient (Wildman–Crippen LogP) is 1.88. The maximum absolute atomic E-state index is 12.6. The van der Waals surface area contributed by atoms with E-state index >= 15 is 0 Å². The lowest BCUT2D eigenvalue weighted by Crippen LogP contribution is -2.44. The molecule has 0 saturated heterocycles. The van der Waals surface area contributed by atoms with Crippen LogP contribution < -0.4 is 5.32 Å². The molecule has 1 aliphatic carbocycles. The molecule has 2 atom stereocenters. The van der Waals surface area contributed by atoms with Crippen molar-refractivity contribution in [3.05, 3.63) is 65.2 Å². The van der Waals surface area contributed by atoms with Crippen LogP contribution in [-0.4, -0.2) is 16.8 Å². The first-order valence-electron chi connectivity index (χ1n) is 6.88. The number of hydrogen-bond donors (Lipinski definition) is 2. The molecule has 1 amide bonds. The average Bonchev–Trinajstić information content (AvgIpc) is 2.97. The second-order valence-electron chi connectivity index (χ2n) is 5.54. The van der Waals surface area contributed by atoms with Crippen LogP contribution in [0.1, 0.15) is 21.5 Å². The molecule has 0 fully saturated rings. The van der Waals surface area contributed by atoms with Crippen molar-refractivity contribution in [2.45, 2.75) is 12.0 Å². The second kappa shape index (κ2) is 4.02. The van der Waals surface area contributed by atoms with Crippen LogP contribution in [0.25, 0.3) is 0 Å². The number of carbonyl (C=O) groups is 2. The Morgan fingerprint density at radius 3 is 2.57 bits per heavy atom. The summed E-state index contributed by atoms with van der Waals surface area (Å²) in [6.45, 7) is 0. The van der Waals surface area contributed by atoms with Gasteiger partial charge in [-0.05, 0) is 18.1 Å². The first-order chi connectivity index (χ1) is 10.1. The van der Waals surface area contributed by atoms with Crippen molar-refractivity contribution in [3.8, 4) is 0 Å². The highest BCUT2D eigenvalue weighted by atomic mass is 16.3. The van der Waals surface area contributed by atoms with Gasteiger partial charge in [-0.25, -0.2) is 0 Å². The van der Waals surface area contributed by atoms with Gasteiger partial charge in [0.15, 0.2) is 11.4 Å². The lowest BCUT2D eigenvalue weighted by molar-refractivity contribution is -0.137. The second-order valence-corrected chi connectivity index (χ2v) is 5.54. The quantitative estimate of drug-likeness (QED) is 0.837. The zero-order chi connectivity index (χ0) is 14.6. The number of benzene rings is 2. The number of rotatable bonds is 1. The summed E-state index contributed by atoms with van der Waals surface area (Å²) in [5.41, 5.74) is 0.772. The number of Topliss-reactive ketones (excluding diaryl/α,β-unsaturated/α-hetero) is 1. The van der Waals surface area contributed by atoms with Gasteiger partial charge in [-0.15, -0.1) is 0 Å². The Morgan fingerprint density at radius 2 is 1.76 bits per heavy atom. The van der Waals surface area contributed by atoms with Crippen LogP contribution >= 0.6 is 0 Å². The Balaban J connectivity index is 1.85. The van der Waals surface area contributed by atoms with Crippen LogP contribution in [0.5, 0.6) is 0 Å². The van der Waals surface area contributed by atoms with Gasteiger partial charge in [0.25, 0.3) is 5.91 Å². The number of ketones is 1. The summed E-state index contributed by atoms with van der Waals surface area (Å²) in [5, 5.41) is 13.7. The third kappa shape index (κ3) is 1.48. The van der Waals surface area contributed by atoms with Crippen molar-refractivity contribution in [2.24, 2.45) is 5.92 Å². The van der Waals surface area contributed by atoms with E-state index in [0.717, 1.165) is 5.56 Å². The van der Waals surface area contributed by atoms with Crippen LogP contribution in [0.15, 0.2) is 48.5 Å². The number of hydrogen-bond acceptors (Lipinski definition) is 3. The van der Waals surface area contributed by atoms with Gasteiger partial charge in [0.2, 0.25) is 0 Å². The molecule has 2 aromatic carbocycles. The van der Waals surface area contributed by atoms with E-state index in [2.05, 4.69) is 5.32 Å². The summed E-state index contributed by atoms with van der Waals surface area (Å²) in [4.78, 5) is 24.9. The largest absolute Gasteiger partial charge is 0.375 e. The minimum atomic E-state index is -1.79. The summed E-state index contributed by atoms with van der Waals surface area (Å²) in [6.07, 6.45) is 0.382. The van der Waals surface area contributed by atoms with E-state index in [1.807, 2.05) is 12.1 Å². The Morgan fingerprint density at radius 1 is 1.05 bits per heavy atom. The maximum atomic E-state index is 12.6. The zero-order valence-electron chi connectivity index (χ0n) is 11.2. The topological polar surface area (TPSA) is 66.4 Å². The van der Waals surface area contributed by atoms with Crippen molar-refractivity contribution < 1.29 is 14.7 Å². The maximum Gasteiger partial charge on any atom is 0.261 e. The molecule has 2 N–H and O–H groups in total. The monoisotopic (exact) mass is 279 g/mol. The van der Waals surface area contributed by atoms with Crippen LogP contribution in [-0.2, 0) is 16.8 Å². The van der Waals surface area contributed by atoms with Crippen molar-refractivity contribution in [1.29, 1.82) is 0 Å². The van der Waals surface area contributed by atoms with E-state index in [-0.39, 0.29) is 5.78 Å². The van der Waals surface area contributed by atoms with Crippen LogP contribution in [0.4, 0.5) is 5.69 Å². The molecular formula is C17H13NO3. The molecule has 4 rings (SSSR count). The third-order valence-corrected chi connectivity index (χ3v) is 4.46. The summed E-state index contributed by atoms with van der Waals surface area (Å²) < 4.78 is 0. The molecule has 104 valence electrons. The van der Waals surface area contributed by atoms with Crippen molar-refractivity contribution >= 4 is 17.4 Å². The minimum absolute atomic E-state index is 0.167. The first kappa shape index (κ1) is 12.3. The van der Waals surface area contributed by atoms with Gasteiger partial charge in [-0.3, -0.25) is 9.59 Å². The van der Waals surface area contributed by atoms with E-state index in [4.69, 9.17) is 0 Å². The van der Waals surface area contributed by atoms with Gasteiger partial charge in [0, 0.05) is 16.8 Å². The number of aliphatic hydroxyl groups is 1. The van der Waals surface area contributed by atoms with E-state index in [1.165, 1.54) is 0 Å². The Hall–Kier alpha value is -2.46. The number of amides is 1. The van der Waals surface area contributed by atoms with E-state index in [1.54, 1.807) is 36.4 Å². The molecule has 0 aromatic heterocycles. The van der Waals surface area contributed by atoms with Crippen molar-refractivity contribution in [1.82, 2.24) is 0 Å². The van der Waals surface area contributed by atoms with Gasteiger partial charge in [0.05, 0.1) is 5.92 Å². The number of fused-ring (bicyclic) bond motifs is 2. The molecule has 4 nitrogen and oxygen atoms in total. The Bertz CT molecular complexity index is 783. The van der Waals surface area contributed by atoms with Gasteiger partial charge in [-0.1, -0.05) is 42.5 Å². The minimum Gasteiger partial charge on any atom is -0.375 e. The number of para-hydroxylation sites is 1. The fraction of sp³-hybridized carbons (Fsp3) is 0.176. The molecule has 2 aromatic rings. The zero-order valence-corrected chi connectivity index (χ0v) is 11.2. The van der Waals surface area contributed by atoms with Crippen molar-refractivity contribution in [3.63, 3.8) is 0 Å². The fourth-order valence-corrected chi connectivity index (χ4v) is 3.39. The summed E-state index contributed by atoms with van der Waals surface area (Å²) in [7, 11) is 0. The normalized spacial score (nSPS) is 26.4. The van der Waals surface area contributed by atoms with Gasteiger partial charge < -0.3 is 10.4 Å². The third-order valence-electron chi connectivity index (χ3n) is 4.46. The van der Waals surface area contributed by atoms with Crippen molar-refractivity contribution in [2.75, 3.05) is 5.32 Å². The average molecular weight is 279 g/mol. The molecule has 1 heterocycles. The highest BCUT2D eigenvalue weighted by molar-refractivity contribution is 6.12. The number of nitrogens with one attached hydrogen (secondary N) is 1. The van der Waals surface area contributed by atoms with Crippen LogP contribution in [0, 0.1) is 5.92 Å². The molecule has 2 aliphatic rings. The van der Waals surface area contributed by atoms with Gasteiger partial charge >= 0.3 is 0 Å². The summed E-state index contributed by atoms with van der Waals surface area (Å²) in [6, 6.07) is 14.3. The summed E-state index contributed by atoms with van der Waals surface area (Å²) in [5.74, 6) is -1.45. The lowest BCUT2D eigenvalue weighted by atomic mass is 9.80. The van der Waals surface area contributed by atoms with Crippen LogP contribution in [0.2, 0.25) is 0 Å². The predicted molar refractivity (Wildman–Crippen MR) is 76.9 cm³/mol. The molecule has 0 radical (unpaired) electrons. The van der Waals surface area contributed by atoms with Crippen LogP contribution in [0.3, 0.4) is 0 Å². The number of carbonyl (C=O) groups excluding carboxylic acids is 2. The highest BCUT2D eigenvalue weighted by Crippen LogP contribution is 2.46. The molecule has 4 heteroatoms. The van der Waals surface area contributed by atoms with E-state index < -0.39 is 17.4 Å². The molecule has 0 saturated carbocycles. The standard InChI is InChI=1S/C17H13NO3/c19-15-11-6-2-1-5-10(11)9-13(15)17(21)12-7-3-4-8-14(12)18-16(17)20/h1-8,13,21H,9H2,(H,18,20). The molecule has 0 spiro atoms. The molecule has 21 heavy (non-hydrogen) atoms. The molecule has 0 bridgehead atoms. The number of anilines is 1.